The molecule has 1 aliphatic heterocycles. The Bertz CT molecular complexity index is 1720. The Labute approximate surface area is 245 Å². The zero-order valence-electron chi connectivity index (χ0n) is 23.8. The standard InChI is InChI=1S/C27H29F2N9S.CH2N2/c1-16(2)38-17(3)33-26-20(28)11-19(12-23(26)38)25-21(29)13-31-27(36-25)35-24-6-5-18-14-37(8-7-22(18)34-24)9-10-39(4)32-15-30;2-1-3/h5-6,11-13,16H,7-10,14H2,1-4H3,(H,31,34,35,36);2H2. The molecular weight excluding hydrogens is 560 g/mol. The fourth-order valence-electron chi connectivity index (χ4n) is 4.91. The summed E-state index contributed by atoms with van der Waals surface area (Å²) in [6.45, 7) is 8.32. The van der Waals surface area contributed by atoms with Crippen molar-refractivity contribution in [1.82, 2.24) is 29.4 Å². The number of imidazole rings is 1. The lowest BCUT2D eigenvalue weighted by Gasteiger charge is -2.28. The van der Waals surface area contributed by atoms with Crippen LogP contribution in [0, 0.1) is 41.5 Å². The molecule has 3 N–H and O–H groups in total. The highest BCUT2D eigenvalue weighted by molar-refractivity contribution is 7.86. The van der Waals surface area contributed by atoms with Crippen molar-refractivity contribution < 1.29 is 8.78 Å². The van der Waals surface area contributed by atoms with Crippen LogP contribution >= 0.6 is 0 Å². The Kier molecular flexibility index (Phi) is 9.72. The molecule has 0 saturated carbocycles. The highest BCUT2D eigenvalue weighted by atomic mass is 32.2. The largest absolute Gasteiger partial charge is 0.337 e. The first kappa shape index (κ1) is 30.4. The minimum Gasteiger partial charge on any atom is -0.337 e. The van der Waals surface area contributed by atoms with Crippen molar-refractivity contribution in [2.75, 3.05) is 30.4 Å². The predicted octanol–water partition coefficient (Wildman–Crippen LogP) is 4.50. The topological polar surface area (TPSA) is 158 Å². The summed E-state index contributed by atoms with van der Waals surface area (Å²) < 4.78 is 35.7. The molecule has 218 valence electrons. The van der Waals surface area contributed by atoms with E-state index in [-0.39, 0.29) is 33.9 Å². The molecule has 0 spiro atoms. The molecule has 4 heterocycles. The molecule has 0 aliphatic carbocycles. The van der Waals surface area contributed by atoms with Crippen LogP contribution in [-0.2, 0) is 23.7 Å². The molecule has 1 unspecified atom stereocenters. The minimum atomic E-state index is -0.650. The summed E-state index contributed by atoms with van der Waals surface area (Å²) in [7, 11) is -0.254. The molecule has 14 heteroatoms. The summed E-state index contributed by atoms with van der Waals surface area (Å²) in [4.78, 5) is 19.9. The van der Waals surface area contributed by atoms with Gasteiger partial charge in [0, 0.05) is 49.1 Å². The van der Waals surface area contributed by atoms with Gasteiger partial charge in [-0.25, -0.2) is 28.7 Å². The number of hydrogen-bond donors (Lipinski definition) is 2. The third kappa shape index (κ3) is 6.84. The van der Waals surface area contributed by atoms with Crippen LogP contribution in [0.5, 0.6) is 0 Å². The van der Waals surface area contributed by atoms with Gasteiger partial charge in [-0.05, 0) is 50.8 Å². The monoisotopic (exact) mass is 591 g/mol. The fourth-order valence-corrected chi connectivity index (χ4v) is 5.67. The van der Waals surface area contributed by atoms with Crippen molar-refractivity contribution in [3.8, 4) is 23.6 Å². The second kappa shape index (κ2) is 13.4. The van der Waals surface area contributed by atoms with Gasteiger partial charge in [0.1, 0.15) is 22.9 Å². The molecule has 1 aromatic carbocycles. The molecule has 1 aliphatic rings. The molecule has 4 aromatic rings. The first-order chi connectivity index (χ1) is 20.1. The number of halogens is 2. The number of aryl methyl sites for hydroxylation is 1. The third-order valence-electron chi connectivity index (χ3n) is 6.73. The number of benzene rings is 1. The smallest absolute Gasteiger partial charge is 0.229 e. The fraction of sp³-hybridized carbons (Fsp3) is 0.357. The molecule has 42 heavy (non-hydrogen) atoms. The van der Waals surface area contributed by atoms with Gasteiger partial charge in [0.25, 0.3) is 0 Å². The van der Waals surface area contributed by atoms with Crippen molar-refractivity contribution in [1.29, 1.82) is 10.5 Å². The van der Waals surface area contributed by atoms with E-state index in [9.17, 15) is 8.78 Å². The molecule has 0 fully saturated rings. The lowest BCUT2D eigenvalue weighted by atomic mass is 10.1. The van der Waals surface area contributed by atoms with Crippen LogP contribution in [0.4, 0.5) is 20.5 Å². The van der Waals surface area contributed by atoms with Gasteiger partial charge in [0.2, 0.25) is 12.1 Å². The van der Waals surface area contributed by atoms with Crippen LogP contribution < -0.4 is 11.1 Å². The van der Waals surface area contributed by atoms with Crippen LogP contribution in [0.25, 0.3) is 22.3 Å². The highest BCUT2D eigenvalue weighted by Gasteiger charge is 2.20. The Morgan fingerprint density at radius 3 is 2.64 bits per heavy atom. The zero-order valence-corrected chi connectivity index (χ0v) is 24.6. The van der Waals surface area contributed by atoms with Crippen LogP contribution in [-0.4, -0.2) is 54.5 Å². The Hall–Kier alpha value is -4.53. The Morgan fingerprint density at radius 2 is 1.93 bits per heavy atom. The number of hydrogen-bond acceptors (Lipinski definition) is 10. The van der Waals surface area contributed by atoms with E-state index in [4.69, 9.17) is 15.5 Å². The van der Waals surface area contributed by atoms with Crippen LogP contribution in [0.3, 0.4) is 0 Å². The molecule has 0 radical (unpaired) electrons. The van der Waals surface area contributed by atoms with Gasteiger partial charge >= 0.3 is 0 Å². The normalized spacial score (nSPS) is 13.6. The molecule has 0 bridgehead atoms. The van der Waals surface area contributed by atoms with E-state index in [1.165, 1.54) is 12.3 Å². The maximum atomic E-state index is 15.0. The van der Waals surface area contributed by atoms with Crippen LogP contribution in [0.15, 0.2) is 34.8 Å². The number of fused-ring (bicyclic) bond motifs is 2. The van der Waals surface area contributed by atoms with Gasteiger partial charge in [0.15, 0.2) is 17.8 Å². The number of pyridine rings is 1. The average molecular weight is 592 g/mol. The van der Waals surface area contributed by atoms with Gasteiger partial charge in [-0.3, -0.25) is 4.90 Å². The van der Waals surface area contributed by atoms with E-state index < -0.39 is 11.6 Å². The molecule has 3 aromatic heterocycles. The molecule has 0 saturated heterocycles. The first-order valence-electron chi connectivity index (χ1n) is 13.2. The minimum absolute atomic E-state index is 0.00543. The quantitative estimate of drug-likeness (QED) is 0.233. The van der Waals surface area contributed by atoms with E-state index in [2.05, 4.69) is 35.3 Å². The lowest BCUT2D eigenvalue weighted by Crippen LogP contribution is -2.34. The molecule has 11 nitrogen and oxygen atoms in total. The van der Waals surface area contributed by atoms with Gasteiger partial charge in [0.05, 0.1) is 11.7 Å². The predicted molar refractivity (Wildman–Crippen MR) is 158 cm³/mol. The number of rotatable bonds is 7. The van der Waals surface area contributed by atoms with Crippen molar-refractivity contribution >= 4 is 33.5 Å². The molecule has 1 atom stereocenters. The van der Waals surface area contributed by atoms with Crippen molar-refractivity contribution in [2.45, 2.75) is 39.8 Å². The summed E-state index contributed by atoms with van der Waals surface area (Å²) in [5.41, 5.74) is 7.42. The molecule has 5 rings (SSSR count). The van der Waals surface area contributed by atoms with Crippen molar-refractivity contribution in [3.63, 3.8) is 0 Å². The van der Waals surface area contributed by atoms with E-state index >= 15 is 0 Å². The number of nitrogens with zero attached hydrogens (tertiary/aromatic N) is 9. The van der Waals surface area contributed by atoms with E-state index in [0.29, 0.717) is 22.7 Å². The van der Waals surface area contributed by atoms with Crippen molar-refractivity contribution in [3.05, 3.63) is 59.2 Å². The van der Waals surface area contributed by atoms with Gasteiger partial charge < -0.3 is 15.6 Å². The van der Waals surface area contributed by atoms with Gasteiger partial charge in [-0.2, -0.15) is 14.9 Å². The zero-order chi connectivity index (χ0) is 30.4. The van der Waals surface area contributed by atoms with Crippen LogP contribution in [0.1, 0.15) is 37.0 Å². The Balaban J connectivity index is 0.00000129. The third-order valence-corrected chi connectivity index (χ3v) is 7.89. The summed E-state index contributed by atoms with van der Waals surface area (Å²) in [5, 5.41) is 18.9. The SMILES string of the molecule is Cc1nc2c(F)cc(-c3nc(Nc4ccc5c(n4)CCN(CCS(C)=NC#N)C5)ncc3F)cc2n1C(C)C.N#CN. The maximum absolute atomic E-state index is 15.0. The average Bonchev–Trinajstić information content (AvgIpc) is 3.30. The van der Waals surface area contributed by atoms with Gasteiger partial charge in [-0.1, -0.05) is 16.8 Å². The van der Waals surface area contributed by atoms with E-state index in [0.717, 1.165) is 49.3 Å². The number of nitriles is 2. The molecular formula is C28H31F2N11S. The van der Waals surface area contributed by atoms with E-state index in [1.807, 2.05) is 49.9 Å². The van der Waals surface area contributed by atoms with E-state index in [1.54, 1.807) is 6.07 Å². The first-order valence-corrected chi connectivity index (χ1v) is 14.9. The number of nitrogens with two attached hydrogens (primary N) is 1. The Morgan fingerprint density at radius 1 is 1.17 bits per heavy atom. The second-order valence-corrected chi connectivity index (χ2v) is 11.7. The second-order valence-electron chi connectivity index (χ2n) is 9.92. The van der Waals surface area contributed by atoms with Gasteiger partial charge in [-0.15, -0.1) is 0 Å². The number of nitrogens with one attached hydrogen (secondary N) is 1. The summed E-state index contributed by atoms with van der Waals surface area (Å²) in [6, 6.07) is 6.90. The number of aromatic nitrogens is 5. The summed E-state index contributed by atoms with van der Waals surface area (Å²) in [5.74, 6) is 1.09. The van der Waals surface area contributed by atoms with Crippen LogP contribution in [0.2, 0.25) is 0 Å². The summed E-state index contributed by atoms with van der Waals surface area (Å²) in [6.07, 6.45) is 6.97. The highest BCUT2D eigenvalue weighted by Crippen LogP contribution is 2.30. The lowest BCUT2D eigenvalue weighted by molar-refractivity contribution is 0.268. The summed E-state index contributed by atoms with van der Waals surface area (Å²) >= 11 is 0. The number of anilines is 2. The maximum Gasteiger partial charge on any atom is 0.229 e. The van der Waals surface area contributed by atoms with Crippen molar-refractivity contribution in [2.24, 2.45) is 10.1 Å². The molecule has 0 amide bonds.